The molecule has 0 amide bonds. The Morgan fingerprint density at radius 3 is 2.27 bits per heavy atom. The van der Waals surface area contributed by atoms with Crippen molar-refractivity contribution in [1.29, 1.82) is 0 Å². The Kier molecular flexibility index (Phi) is 2.72. The highest BCUT2D eigenvalue weighted by Crippen LogP contribution is 2.34. The second-order valence-electron chi connectivity index (χ2n) is 6.12. The summed E-state index contributed by atoms with van der Waals surface area (Å²) >= 11 is 0. The first-order chi connectivity index (χ1) is 12.5. The molecule has 0 aliphatic heterocycles. The van der Waals surface area contributed by atoms with Crippen LogP contribution in [0.3, 0.4) is 0 Å². The van der Waals surface area contributed by atoms with Crippen LogP contribution in [0, 0.1) is 0 Å². The van der Waals surface area contributed by atoms with E-state index in [2.05, 4.69) is 0 Å². The minimum absolute atomic E-state index is 0.111. The first-order valence-electron chi connectivity index (χ1n) is 7.79. The van der Waals surface area contributed by atoms with Gasteiger partial charge in [0.05, 0.1) is 0 Å². The average molecular weight is 346 g/mol. The highest BCUT2D eigenvalue weighted by molar-refractivity contribution is 6.14. The zero-order chi connectivity index (χ0) is 18.0. The number of hydrogen-bond acceptors (Lipinski definition) is 4. The molecule has 0 bridgehead atoms. The van der Waals surface area contributed by atoms with Gasteiger partial charge in [-0.25, -0.2) is 9.59 Å². The van der Waals surface area contributed by atoms with Gasteiger partial charge in [-0.2, -0.15) is 0 Å². The summed E-state index contributed by atoms with van der Waals surface area (Å²) in [6, 6.07) is 12.5. The van der Waals surface area contributed by atoms with Crippen LogP contribution >= 0.6 is 0 Å². The molecule has 5 rings (SSSR count). The number of furan rings is 2. The zero-order valence-electron chi connectivity index (χ0n) is 13.1. The molecule has 0 radical (unpaired) electrons. The molecule has 0 saturated heterocycles. The van der Waals surface area contributed by atoms with E-state index in [1.807, 2.05) is 18.2 Å². The Hall–Kier alpha value is -3.80. The van der Waals surface area contributed by atoms with Crippen molar-refractivity contribution in [2.75, 3.05) is 0 Å². The average Bonchev–Trinajstić information content (AvgIpc) is 3.22. The molecule has 0 aliphatic carbocycles. The smallest absolute Gasteiger partial charge is 0.371 e. The minimum atomic E-state index is -1.12. The molecule has 0 unspecified atom stereocenters. The molecule has 3 aromatic carbocycles. The fraction of sp³-hybridized carbons (Fsp3) is 0. The fourth-order valence-corrected chi connectivity index (χ4v) is 3.39. The van der Waals surface area contributed by atoms with Crippen LogP contribution in [0.2, 0.25) is 0 Å². The fourth-order valence-electron chi connectivity index (χ4n) is 3.39. The van der Waals surface area contributed by atoms with E-state index in [0.29, 0.717) is 21.9 Å². The van der Waals surface area contributed by atoms with Gasteiger partial charge in [-0.15, -0.1) is 0 Å². The number of hydrogen-bond donors (Lipinski definition) is 2. The summed E-state index contributed by atoms with van der Waals surface area (Å²) in [5, 5.41) is 23.2. The van der Waals surface area contributed by atoms with Crippen LogP contribution in [-0.2, 0) is 0 Å². The summed E-state index contributed by atoms with van der Waals surface area (Å²) in [6.45, 7) is 0. The van der Waals surface area contributed by atoms with Gasteiger partial charge < -0.3 is 19.0 Å². The summed E-state index contributed by atoms with van der Waals surface area (Å²) in [4.78, 5) is 22.5. The summed E-state index contributed by atoms with van der Waals surface area (Å²) < 4.78 is 10.7. The van der Waals surface area contributed by atoms with Gasteiger partial charge in [-0.3, -0.25) is 0 Å². The van der Waals surface area contributed by atoms with Crippen molar-refractivity contribution in [2.24, 2.45) is 0 Å². The molecule has 5 aromatic rings. The highest BCUT2D eigenvalue weighted by Gasteiger charge is 2.15. The topological polar surface area (TPSA) is 101 Å². The van der Waals surface area contributed by atoms with Crippen molar-refractivity contribution in [1.82, 2.24) is 0 Å². The van der Waals surface area contributed by atoms with E-state index in [-0.39, 0.29) is 11.3 Å². The highest BCUT2D eigenvalue weighted by atomic mass is 16.4. The van der Waals surface area contributed by atoms with Crippen molar-refractivity contribution >= 4 is 55.4 Å². The van der Waals surface area contributed by atoms with Crippen molar-refractivity contribution in [3.63, 3.8) is 0 Å². The SMILES string of the molecule is O=C(O)c1cc2c(ccc3cc4cc5c(C(=O)O)coc5cc4cc32)o1. The van der Waals surface area contributed by atoms with E-state index in [1.54, 1.807) is 18.2 Å². The summed E-state index contributed by atoms with van der Waals surface area (Å²) in [7, 11) is 0. The van der Waals surface area contributed by atoms with E-state index >= 15 is 0 Å². The van der Waals surface area contributed by atoms with Crippen LogP contribution in [0.15, 0.2) is 57.6 Å². The van der Waals surface area contributed by atoms with Gasteiger partial charge in [0.25, 0.3) is 0 Å². The normalized spacial score (nSPS) is 11.7. The van der Waals surface area contributed by atoms with Gasteiger partial charge in [-0.1, -0.05) is 6.07 Å². The Morgan fingerprint density at radius 1 is 0.731 bits per heavy atom. The maximum Gasteiger partial charge on any atom is 0.371 e. The Morgan fingerprint density at radius 2 is 1.50 bits per heavy atom. The third-order valence-corrected chi connectivity index (χ3v) is 4.61. The van der Waals surface area contributed by atoms with Gasteiger partial charge in [0, 0.05) is 10.8 Å². The molecule has 6 heteroatoms. The van der Waals surface area contributed by atoms with Gasteiger partial charge in [0.1, 0.15) is 23.0 Å². The van der Waals surface area contributed by atoms with Crippen molar-refractivity contribution in [3.8, 4) is 0 Å². The molecule has 26 heavy (non-hydrogen) atoms. The molecule has 6 nitrogen and oxygen atoms in total. The molecule has 126 valence electrons. The standard InChI is InChI=1S/C20H10O6/c21-19(22)15-8-25-17-6-11-4-12-9(3-10(11)5-13(15)17)1-2-16-14(12)7-18(26-16)20(23)24/h1-8H,(H,21,22)(H,23,24). The predicted octanol–water partition coefficient (Wildman–Crippen LogP) is 4.88. The van der Waals surface area contributed by atoms with E-state index in [0.717, 1.165) is 21.5 Å². The van der Waals surface area contributed by atoms with Crippen molar-refractivity contribution in [3.05, 3.63) is 60.1 Å². The quantitative estimate of drug-likeness (QED) is 0.442. The number of benzene rings is 3. The molecule has 2 aromatic heterocycles. The third-order valence-electron chi connectivity index (χ3n) is 4.61. The summed E-state index contributed by atoms with van der Waals surface area (Å²) in [5.41, 5.74) is 1.11. The molecule has 0 aliphatic rings. The molecular formula is C20H10O6. The van der Waals surface area contributed by atoms with Crippen LogP contribution in [0.1, 0.15) is 20.9 Å². The number of rotatable bonds is 2. The van der Waals surface area contributed by atoms with Crippen LogP contribution in [0.5, 0.6) is 0 Å². The molecule has 0 fully saturated rings. The second kappa shape index (κ2) is 4.86. The number of carboxylic acids is 2. The lowest BCUT2D eigenvalue weighted by molar-refractivity contribution is 0.0662. The van der Waals surface area contributed by atoms with E-state index in [4.69, 9.17) is 13.9 Å². The Bertz CT molecular complexity index is 1390. The minimum Gasteiger partial charge on any atom is -0.478 e. The lowest BCUT2D eigenvalue weighted by atomic mass is 9.99. The van der Waals surface area contributed by atoms with Gasteiger partial charge in [-0.05, 0) is 57.9 Å². The van der Waals surface area contributed by atoms with Crippen molar-refractivity contribution < 1.29 is 28.6 Å². The maximum absolute atomic E-state index is 11.3. The Balaban J connectivity index is 1.87. The van der Waals surface area contributed by atoms with Crippen LogP contribution < -0.4 is 0 Å². The van der Waals surface area contributed by atoms with Gasteiger partial charge in [0.15, 0.2) is 0 Å². The lowest BCUT2D eigenvalue weighted by Gasteiger charge is -2.04. The third kappa shape index (κ3) is 1.92. The van der Waals surface area contributed by atoms with E-state index in [9.17, 15) is 14.7 Å². The van der Waals surface area contributed by atoms with Crippen LogP contribution in [0.25, 0.3) is 43.5 Å². The molecule has 0 saturated carbocycles. The summed E-state index contributed by atoms with van der Waals surface area (Å²) in [5.74, 6) is -2.26. The molecule has 2 N–H and O–H groups in total. The zero-order valence-corrected chi connectivity index (χ0v) is 13.1. The first-order valence-corrected chi connectivity index (χ1v) is 7.79. The largest absolute Gasteiger partial charge is 0.478 e. The molecule has 0 atom stereocenters. The number of aromatic carboxylic acids is 2. The Labute approximate surface area is 144 Å². The van der Waals surface area contributed by atoms with Crippen molar-refractivity contribution in [2.45, 2.75) is 0 Å². The van der Waals surface area contributed by atoms with Crippen LogP contribution in [0.4, 0.5) is 0 Å². The molecule has 2 heterocycles. The summed E-state index contributed by atoms with van der Waals surface area (Å²) in [6.07, 6.45) is 1.24. The molecule has 0 spiro atoms. The molecular weight excluding hydrogens is 336 g/mol. The second-order valence-corrected chi connectivity index (χ2v) is 6.12. The monoisotopic (exact) mass is 346 g/mol. The lowest BCUT2D eigenvalue weighted by Crippen LogP contribution is -1.93. The van der Waals surface area contributed by atoms with Gasteiger partial charge >= 0.3 is 11.9 Å². The maximum atomic E-state index is 11.3. The van der Waals surface area contributed by atoms with Crippen LogP contribution in [-0.4, -0.2) is 22.2 Å². The number of fused-ring (bicyclic) bond motifs is 5. The predicted molar refractivity (Wildman–Crippen MR) is 94.9 cm³/mol. The number of carboxylic acid groups (broad SMARTS) is 2. The van der Waals surface area contributed by atoms with E-state index < -0.39 is 11.9 Å². The van der Waals surface area contributed by atoms with Gasteiger partial charge in [0.2, 0.25) is 5.76 Å². The first kappa shape index (κ1) is 14.5. The number of carbonyl (C=O) groups is 2. The van der Waals surface area contributed by atoms with E-state index in [1.165, 1.54) is 12.3 Å².